The summed E-state index contributed by atoms with van der Waals surface area (Å²) in [6.07, 6.45) is 4.30. The van der Waals surface area contributed by atoms with Gasteiger partial charge in [-0.3, -0.25) is 39.2 Å². The third kappa shape index (κ3) is 16.7. The Bertz CT molecular complexity index is 3300. The number of amides is 8. The average molecular weight is 1290 g/mol. The maximum absolute atomic E-state index is 14.7. The number of hydrogen-bond donors (Lipinski definition) is 9. The number of unbranched alkanes of at least 4 members (excludes halogenated alkanes) is 1. The Hall–Kier alpha value is -7.95. The third-order valence-electron chi connectivity index (χ3n) is 16.7. The number of urea groups is 1. The monoisotopic (exact) mass is 1290 g/mol. The van der Waals surface area contributed by atoms with Crippen LogP contribution in [0.25, 0.3) is 10.9 Å². The van der Waals surface area contributed by atoms with Crippen molar-refractivity contribution in [2.45, 2.75) is 147 Å². The van der Waals surface area contributed by atoms with Crippen molar-refractivity contribution in [2.75, 3.05) is 58.2 Å². The molecule has 488 valence electrons. The number of halogens is 1. The van der Waals surface area contributed by atoms with Gasteiger partial charge in [0.15, 0.2) is 10.8 Å². The van der Waals surface area contributed by atoms with Crippen LogP contribution in [0.1, 0.15) is 96.0 Å². The Morgan fingerprint density at radius 2 is 1.72 bits per heavy atom. The number of methoxy groups -OCH3 is 2. The summed E-state index contributed by atoms with van der Waals surface area (Å²) in [6.45, 7) is 11.2. The number of hydrogen-bond acceptors (Lipinski definition) is 18. The van der Waals surface area contributed by atoms with Gasteiger partial charge in [-0.2, -0.15) is 0 Å². The number of nitrogens with one attached hydrogen (secondary N) is 6. The maximum atomic E-state index is 14.7. The summed E-state index contributed by atoms with van der Waals surface area (Å²) < 4.78 is 29.9. The molecule has 2 aromatic carbocycles. The molecule has 5 heterocycles. The van der Waals surface area contributed by atoms with E-state index in [1.54, 1.807) is 65.1 Å². The highest BCUT2D eigenvalue weighted by Gasteiger charge is 2.64. The minimum Gasteiger partial charge on any atom is -0.495 e. The van der Waals surface area contributed by atoms with Gasteiger partial charge >= 0.3 is 18.1 Å². The predicted molar refractivity (Wildman–Crippen MR) is 338 cm³/mol. The van der Waals surface area contributed by atoms with E-state index in [0.29, 0.717) is 42.6 Å². The number of pyridine rings is 1. The molecule has 1 aromatic heterocycles. The van der Waals surface area contributed by atoms with Gasteiger partial charge in [-0.05, 0) is 113 Å². The number of epoxide rings is 1. The van der Waals surface area contributed by atoms with Crippen LogP contribution in [0.5, 0.6) is 5.75 Å². The summed E-state index contributed by atoms with van der Waals surface area (Å²) in [5.41, 5.74) is 4.58. The fourth-order valence-corrected chi connectivity index (χ4v) is 11.7. The fourth-order valence-electron chi connectivity index (χ4n) is 11.2. The normalized spacial score (nSPS) is 25.3. The van der Waals surface area contributed by atoms with E-state index in [9.17, 15) is 48.6 Å². The number of primary amides is 1. The number of anilines is 2. The quantitative estimate of drug-likeness (QED) is 0.0237. The van der Waals surface area contributed by atoms with E-state index in [1.807, 2.05) is 19.1 Å². The van der Waals surface area contributed by atoms with Gasteiger partial charge in [-0.1, -0.05) is 56.2 Å². The molecule has 2 saturated heterocycles. The number of benzene rings is 2. The van der Waals surface area contributed by atoms with Crippen molar-refractivity contribution in [2.24, 2.45) is 17.6 Å². The van der Waals surface area contributed by atoms with Gasteiger partial charge in [0, 0.05) is 83.3 Å². The number of imide groups is 1. The number of nitrogens with zero attached hydrogens (tertiary/aromatic N) is 4. The number of aliphatic hydroxyl groups excluding tert-OH is 1. The summed E-state index contributed by atoms with van der Waals surface area (Å²) in [5.74, 6) is -4.06. The molecule has 90 heavy (non-hydrogen) atoms. The molecule has 0 saturated carbocycles. The number of nitrogens with two attached hydrogens (primary N) is 1. The van der Waals surface area contributed by atoms with Crippen LogP contribution in [0.15, 0.2) is 78.5 Å². The largest absolute Gasteiger partial charge is 0.495 e. The summed E-state index contributed by atoms with van der Waals surface area (Å²) in [7, 11) is 5.92. The predicted octanol–water partition coefficient (Wildman–Crippen LogP) is 4.23. The fraction of sp³-hybridized carbons (Fsp3) is 0.516. The second-order valence-corrected chi connectivity index (χ2v) is 24.3. The number of esters is 1. The molecular weight excluding hydrogens is 1210 g/mol. The number of allylic oxidation sites excluding steroid dienone is 3. The minimum atomic E-state index is -1.91. The van der Waals surface area contributed by atoms with Crippen molar-refractivity contribution in [3.8, 4) is 5.75 Å². The van der Waals surface area contributed by atoms with E-state index in [4.69, 9.17) is 53.2 Å². The van der Waals surface area contributed by atoms with Crippen LogP contribution >= 0.6 is 23.8 Å². The number of carbonyl (C=O) groups excluding carboxylic acids is 8. The standard InChI is InChI=1S/C62H82ClN11O15S/c1-33(2)51(70-59(90)67-24-11-12-27-74-47(75)22-23-48(74)76)55(79)69-41(18-15-26-66-58(64)82)54(78)68-40-21-20-39(52-38(40)17-14-25-65-52)56(80)72(7)36(5)57(81)88-46-31-49(77)73(8)42-29-37(30-43(85-9)50(42)63)28-34(3)16-13-19-45(86-10)62(84)32-44(87-60(83)71-62)35(4)53-61(46,6)89-53/h13-14,16-17,19-23,25,29-30,33,35-36,41,44-46,49,51,53,77,84H,11-12,15,18,24,26-28,31-32H2,1-10H3,(H,68,78)(H,69,79)(H,71,83)(H3,64,66,82)(H2,67,70,90)/b19-13+,34-16+/t35-,36+,41+,44+,45-,46+,49?,51+,53+,61+,62+/m1/s1. The van der Waals surface area contributed by atoms with Crippen LogP contribution in [-0.4, -0.2) is 186 Å². The van der Waals surface area contributed by atoms with Gasteiger partial charge in [0.25, 0.3) is 17.7 Å². The first kappa shape index (κ1) is 69.5. The number of aliphatic hydroxyl groups is 2. The van der Waals surface area contributed by atoms with E-state index in [1.165, 1.54) is 68.5 Å². The number of likely N-dealkylation sites (N-methyl/N-ethyl adjacent to an activating group) is 1. The van der Waals surface area contributed by atoms with E-state index in [2.05, 4.69) is 36.9 Å². The Kier molecular flexibility index (Phi) is 23.4. The van der Waals surface area contributed by atoms with Crippen molar-refractivity contribution < 1.29 is 72.3 Å². The van der Waals surface area contributed by atoms with Gasteiger partial charge in [0.05, 0.1) is 35.7 Å². The number of carbonyl (C=O) groups is 8. The molecular formula is C62H82ClN11O15S. The van der Waals surface area contributed by atoms with Crippen LogP contribution in [0.4, 0.5) is 21.0 Å². The van der Waals surface area contributed by atoms with Gasteiger partial charge in [-0.25, -0.2) is 14.4 Å². The summed E-state index contributed by atoms with van der Waals surface area (Å²) in [4.78, 5) is 115. The van der Waals surface area contributed by atoms with Crippen molar-refractivity contribution in [1.82, 2.24) is 41.4 Å². The molecule has 0 aliphatic carbocycles. The highest BCUT2D eigenvalue weighted by Crippen LogP contribution is 2.50. The molecule has 0 radical (unpaired) electrons. The Labute approximate surface area is 532 Å². The number of ether oxygens (including phenoxy) is 5. The van der Waals surface area contributed by atoms with E-state index < -0.39 is 102 Å². The molecule has 0 spiro atoms. The molecule has 4 aliphatic rings. The second kappa shape index (κ2) is 30.2. The molecule has 1 unspecified atom stereocenters. The zero-order valence-electron chi connectivity index (χ0n) is 52.1. The smallest absolute Gasteiger partial charge is 0.409 e. The topological polar surface area (TPSA) is 347 Å². The lowest BCUT2D eigenvalue weighted by Gasteiger charge is -2.42. The van der Waals surface area contributed by atoms with Crippen LogP contribution < -0.4 is 47.3 Å². The number of rotatable bonds is 21. The van der Waals surface area contributed by atoms with Crippen molar-refractivity contribution in [1.29, 1.82) is 0 Å². The van der Waals surface area contributed by atoms with Gasteiger partial charge in [-0.15, -0.1) is 0 Å². The summed E-state index contributed by atoms with van der Waals surface area (Å²) >= 11 is 12.4. The highest BCUT2D eigenvalue weighted by molar-refractivity contribution is 7.80. The van der Waals surface area contributed by atoms with Crippen molar-refractivity contribution >= 4 is 98.8 Å². The zero-order valence-corrected chi connectivity index (χ0v) is 53.7. The first-order chi connectivity index (χ1) is 42.6. The minimum absolute atomic E-state index is 0.0518. The van der Waals surface area contributed by atoms with Crippen LogP contribution in [-0.2, 0) is 49.3 Å². The van der Waals surface area contributed by atoms with Crippen molar-refractivity contribution in [3.63, 3.8) is 0 Å². The van der Waals surface area contributed by atoms with Crippen LogP contribution in [0, 0.1) is 11.8 Å². The molecule has 28 heteroatoms. The summed E-state index contributed by atoms with van der Waals surface area (Å²) in [5, 5.41) is 41.6. The average Bonchev–Trinajstić information content (AvgIpc) is 1.56. The SMILES string of the molecule is COc1cc2cc(c1Cl)N(C)C(O)C[C@H](OC(=O)[C@H](C)N(C)C(=O)c1ccc(NC(=O)[C@H](CCCNC(N)=O)NC(=O)[C@@H](NC(=S)NCCCCN3C(=O)C=CC3=O)C(C)C)c3cccnc13)[C@]1(C)O[C@H]1[C@H](C)[C@@H]1C[C@@](O)(NC(=O)O1)[C@H](OC)/C=C/C=C(\C)C2. The zero-order chi connectivity index (χ0) is 65.9. The first-order valence-corrected chi connectivity index (χ1v) is 30.5. The van der Waals surface area contributed by atoms with Gasteiger partial charge < -0.3 is 76.0 Å². The molecule has 11 atom stereocenters. The molecule has 4 bridgehead atoms. The molecule has 7 rings (SSSR count). The molecule has 2 fully saturated rings. The third-order valence-corrected chi connectivity index (χ3v) is 17.3. The lowest BCUT2D eigenvalue weighted by atomic mass is 9.83. The van der Waals surface area contributed by atoms with Crippen molar-refractivity contribution in [3.05, 3.63) is 94.7 Å². The molecule has 26 nitrogen and oxygen atoms in total. The maximum Gasteiger partial charge on any atom is 0.409 e. The lowest BCUT2D eigenvalue weighted by Crippen LogP contribution is -2.63. The number of thiocarbonyl (C=S) groups is 1. The van der Waals surface area contributed by atoms with Crippen LogP contribution in [0.2, 0.25) is 5.02 Å². The second-order valence-electron chi connectivity index (χ2n) is 23.5. The highest BCUT2D eigenvalue weighted by atomic mass is 35.5. The Morgan fingerprint density at radius 1 is 1.01 bits per heavy atom. The Balaban J connectivity index is 1.09. The lowest BCUT2D eigenvalue weighted by molar-refractivity contribution is -0.159. The summed E-state index contributed by atoms with van der Waals surface area (Å²) in [6, 6.07) is 5.65. The van der Waals surface area contributed by atoms with Gasteiger partial charge in [0.2, 0.25) is 11.8 Å². The van der Waals surface area contributed by atoms with Crippen LogP contribution in [0.3, 0.4) is 0 Å². The van der Waals surface area contributed by atoms with E-state index in [-0.39, 0.29) is 83.4 Å². The number of aromatic nitrogens is 1. The molecule has 10 N–H and O–H groups in total. The number of fused-ring (bicyclic) bond motifs is 6. The number of alkyl carbamates (subject to hydrolysis) is 1. The van der Waals surface area contributed by atoms with E-state index >= 15 is 0 Å². The Morgan fingerprint density at radius 3 is 2.40 bits per heavy atom. The molecule has 8 amide bonds. The molecule has 3 aromatic rings. The van der Waals surface area contributed by atoms with E-state index in [0.717, 1.165) is 16.0 Å². The van der Waals surface area contributed by atoms with Gasteiger partial charge in [0.1, 0.15) is 59.0 Å². The molecule has 4 aliphatic heterocycles. The first-order valence-electron chi connectivity index (χ1n) is 29.7.